The lowest BCUT2D eigenvalue weighted by atomic mass is 10.0. The number of hydrogen-bond acceptors (Lipinski definition) is 3. The van der Waals surface area contributed by atoms with Crippen molar-refractivity contribution in [1.29, 1.82) is 0 Å². The van der Waals surface area contributed by atoms with Gasteiger partial charge >= 0.3 is 0 Å². The molecule has 2 aromatic rings. The molecule has 22 heavy (non-hydrogen) atoms. The summed E-state index contributed by atoms with van der Waals surface area (Å²) >= 11 is 0. The van der Waals surface area contributed by atoms with Crippen LogP contribution in [0, 0.1) is 13.8 Å². The van der Waals surface area contributed by atoms with Crippen LogP contribution in [-0.2, 0) is 6.54 Å². The molecule has 0 unspecified atom stereocenters. The normalized spacial score (nSPS) is 16.9. The van der Waals surface area contributed by atoms with Gasteiger partial charge in [-0.1, -0.05) is 0 Å². The van der Waals surface area contributed by atoms with Crippen LogP contribution in [0.15, 0.2) is 30.7 Å². The highest BCUT2D eigenvalue weighted by molar-refractivity contribution is 5.41. The fraction of sp³-hybridized carbons (Fsp3) is 0.500. The summed E-state index contributed by atoms with van der Waals surface area (Å²) in [5, 5.41) is 0. The zero-order chi connectivity index (χ0) is 15.5. The largest absolute Gasteiger partial charge is 0.496 e. The van der Waals surface area contributed by atoms with Crippen LogP contribution in [0.4, 0.5) is 0 Å². The third-order valence-electron chi connectivity index (χ3n) is 4.73. The highest BCUT2D eigenvalue weighted by Crippen LogP contribution is 2.27. The fourth-order valence-corrected chi connectivity index (χ4v) is 3.41. The summed E-state index contributed by atoms with van der Waals surface area (Å²) < 4.78 is 7.85. The first-order valence-corrected chi connectivity index (χ1v) is 8.03. The second kappa shape index (κ2) is 6.53. The van der Waals surface area contributed by atoms with Crippen LogP contribution in [0.5, 0.6) is 5.75 Å². The Balaban J connectivity index is 1.64. The van der Waals surface area contributed by atoms with Crippen LogP contribution in [0.3, 0.4) is 0 Å². The number of likely N-dealkylation sites (tertiary alicyclic amines) is 1. The lowest BCUT2D eigenvalue weighted by molar-refractivity contribution is 0.177. The monoisotopic (exact) mass is 299 g/mol. The maximum atomic E-state index is 5.51. The van der Waals surface area contributed by atoms with Gasteiger partial charge in [-0.15, -0.1) is 0 Å². The summed E-state index contributed by atoms with van der Waals surface area (Å²) in [5.41, 5.74) is 3.42. The molecule has 3 heterocycles. The molecule has 4 heteroatoms. The number of aromatic nitrogens is 2. The minimum absolute atomic E-state index is 0.646. The van der Waals surface area contributed by atoms with E-state index in [2.05, 4.69) is 45.9 Å². The number of piperidine rings is 1. The van der Waals surface area contributed by atoms with E-state index in [9.17, 15) is 0 Å². The summed E-state index contributed by atoms with van der Waals surface area (Å²) in [6.45, 7) is 7.33. The van der Waals surface area contributed by atoms with Crippen molar-refractivity contribution in [3.63, 3.8) is 0 Å². The van der Waals surface area contributed by atoms with E-state index >= 15 is 0 Å². The number of ether oxygens (including phenoxy) is 1. The predicted molar refractivity (Wildman–Crippen MR) is 88.2 cm³/mol. The van der Waals surface area contributed by atoms with Gasteiger partial charge in [-0.25, -0.2) is 0 Å². The van der Waals surface area contributed by atoms with Crippen LogP contribution in [-0.4, -0.2) is 34.7 Å². The predicted octanol–water partition coefficient (Wildman–Crippen LogP) is 3.35. The van der Waals surface area contributed by atoms with Crippen molar-refractivity contribution in [1.82, 2.24) is 14.5 Å². The number of pyridine rings is 1. The quantitative estimate of drug-likeness (QED) is 0.867. The molecule has 3 rings (SSSR count). The van der Waals surface area contributed by atoms with Crippen molar-refractivity contribution in [2.24, 2.45) is 0 Å². The molecule has 1 aliphatic heterocycles. The lowest BCUT2D eigenvalue weighted by Gasteiger charge is -2.32. The lowest BCUT2D eigenvalue weighted by Crippen LogP contribution is -2.34. The SMILES string of the molecule is COc1c(C)cnc(CN2CCC(n3cccc3)CC2)c1C. The molecule has 4 nitrogen and oxygen atoms in total. The van der Waals surface area contributed by atoms with E-state index in [0.29, 0.717) is 6.04 Å². The molecule has 2 aromatic heterocycles. The molecule has 0 spiro atoms. The van der Waals surface area contributed by atoms with Gasteiger partial charge in [0.1, 0.15) is 5.75 Å². The Kier molecular flexibility index (Phi) is 4.48. The zero-order valence-corrected chi connectivity index (χ0v) is 13.7. The third-order valence-corrected chi connectivity index (χ3v) is 4.73. The Labute approximate surface area is 132 Å². The van der Waals surface area contributed by atoms with Crippen molar-refractivity contribution in [3.8, 4) is 5.75 Å². The van der Waals surface area contributed by atoms with Gasteiger partial charge in [-0.3, -0.25) is 9.88 Å². The van der Waals surface area contributed by atoms with Crippen LogP contribution in [0.1, 0.15) is 35.7 Å². The molecule has 1 aliphatic rings. The Morgan fingerprint density at radius 3 is 2.50 bits per heavy atom. The summed E-state index contributed by atoms with van der Waals surface area (Å²) in [5.74, 6) is 0.979. The molecule has 1 saturated heterocycles. The molecule has 0 aliphatic carbocycles. The Bertz CT molecular complexity index is 614. The first-order valence-electron chi connectivity index (χ1n) is 8.03. The van der Waals surface area contributed by atoms with E-state index in [-0.39, 0.29) is 0 Å². The highest BCUT2D eigenvalue weighted by atomic mass is 16.5. The first-order chi connectivity index (χ1) is 10.7. The van der Waals surface area contributed by atoms with Crippen molar-refractivity contribution in [2.45, 2.75) is 39.3 Å². The Morgan fingerprint density at radius 2 is 1.86 bits per heavy atom. The van der Waals surface area contributed by atoms with Gasteiger partial charge in [0, 0.05) is 55.4 Å². The van der Waals surface area contributed by atoms with Gasteiger partial charge in [0.2, 0.25) is 0 Å². The molecule has 0 saturated carbocycles. The van der Waals surface area contributed by atoms with Crippen LogP contribution >= 0.6 is 0 Å². The second-order valence-electron chi connectivity index (χ2n) is 6.18. The zero-order valence-electron chi connectivity index (χ0n) is 13.7. The maximum Gasteiger partial charge on any atom is 0.128 e. The molecule has 0 atom stereocenters. The van der Waals surface area contributed by atoms with Crippen molar-refractivity contribution in [2.75, 3.05) is 20.2 Å². The molecule has 0 radical (unpaired) electrons. The van der Waals surface area contributed by atoms with Gasteiger partial charge in [-0.05, 0) is 38.8 Å². The smallest absolute Gasteiger partial charge is 0.128 e. The number of methoxy groups -OCH3 is 1. The van der Waals surface area contributed by atoms with Crippen molar-refractivity contribution >= 4 is 0 Å². The minimum atomic E-state index is 0.646. The Hall–Kier alpha value is -1.81. The highest BCUT2D eigenvalue weighted by Gasteiger charge is 2.21. The van der Waals surface area contributed by atoms with Crippen LogP contribution in [0.2, 0.25) is 0 Å². The van der Waals surface area contributed by atoms with Gasteiger partial charge in [-0.2, -0.15) is 0 Å². The van der Waals surface area contributed by atoms with Gasteiger partial charge in [0.25, 0.3) is 0 Å². The van der Waals surface area contributed by atoms with E-state index < -0.39 is 0 Å². The van der Waals surface area contributed by atoms with Gasteiger partial charge < -0.3 is 9.30 Å². The molecular weight excluding hydrogens is 274 g/mol. The van der Waals surface area contributed by atoms with Gasteiger partial charge in [0.05, 0.1) is 12.8 Å². The third kappa shape index (κ3) is 3.02. The number of aryl methyl sites for hydroxylation is 1. The van der Waals surface area contributed by atoms with E-state index in [1.54, 1.807) is 7.11 Å². The number of rotatable bonds is 4. The van der Waals surface area contributed by atoms with E-state index in [0.717, 1.165) is 36.6 Å². The molecule has 118 valence electrons. The van der Waals surface area contributed by atoms with Gasteiger partial charge in [0.15, 0.2) is 0 Å². The standard InChI is InChI=1S/C18H25N3O/c1-14-12-19-17(15(2)18(14)22-3)13-20-10-6-16(7-11-20)21-8-4-5-9-21/h4-5,8-9,12,16H,6-7,10-11,13H2,1-3H3. The summed E-state index contributed by atoms with van der Waals surface area (Å²) in [4.78, 5) is 7.13. The molecule has 0 bridgehead atoms. The second-order valence-corrected chi connectivity index (χ2v) is 6.18. The minimum Gasteiger partial charge on any atom is -0.496 e. The summed E-state index contributed by atoms with van der Waals surface area (Å²) in [7, 11) is 1.74. The van der Waals surface area contributed by atoms with Crippen molar-refractivity contribution in [3.05, 3.63) is 47.5 Å². The average Bonchev–Trinajstić information content (AvgIpc) is 3.06. The number of nitrogens with zero attached hydrogens (tertiary/aromatic N) is 3. The van der Waals surface area contributed by atoms with E-state index in [1.807, 2.05) is 13.1 Å². The first kappa shape index (κ1) is 15.1. The molecular formula is C18H25N3O. The molecule has 1 fully saturated rings. The average molecular weight is 299 g/mol. The molecule has 0 aromatic carbocycles. The Morgan fingerprint density at radius 1 is 1.18 bits per heavy atom. The van der Waals surface area contributed by atoms with E-state index in [1.165, 1.54) is 18.4 Å². The van der Waals surface area contributed by atoms with Crippen LogP contribution < -0.4 is 4.74 Å². The summed E-state index contributed by atoms with van der Waals surface area (Å²) in [6.07, 6.45) is 8.69. The molecule has 0 N–H and O–H groups in total. The number of hydrogen-bond donors (Lipinski definition) is 0. The topological polar surface area (TPSA) is 30.3 Å². The summed E-state index contributed by atoms with van der Waals surface area (Å²) in [6, 6.07) is 4.86. The van der Waals surface area contributed by atoms with Crippen molar-refractivity contribution < 1.29 is 4.74 Å². The van der Waals surface area contributed by atoms with E-state index in [4.69, 9.17) is 4.74 Å². The maximum absolute atomic E-state index is 5.51. The fourth-order valence-electron chi connectivity index (χ4n) is 3.41. The molecule has 0 amide bonds. The van der Waals surface area contributed by atoms with Crippen LogP contribution in [0.25, 0.3) is 0 Å².